The lowest BCUT2D eigenvalue weighted by atomic mass is 9.78. The first kappa shape index (κ1) is 14.1. The Bertz CT molecular complexity index is 469. The second-order valence-electron chi connectivity index (χ2n) is 5.48. The van der Waals surface area contributed by atoms with Gasteiger partial charge in [0.1, 0.15) is 0 Å². The van der Waals surface area contributed by atoms with E-state index in [1.807, 2.05) is 0 Å². The molecule has 19 heavy (non-hydrogen) atoms. The number of halogens is 1. The maximum Gasteiger partial charge on any atom is 0.271 e. The number of nitrogens with one attached hydrogen (secondary N) is 1. The fraction of sp³-hybridized carbons (Fsp3) is 0.571. The highest BCUT2D eigenvalue weighted by Gasteiger charge is 2.28. The van der Waals surface area contributed by atoms with Crippen molar-refractivity contribution in [3.63, 3.8) is 0 Å². The Morgan fingerprint density at radius 1 is 1.32 bits per heavy atom. The van der Waals surface area contributed by atoms with Gasteiger partial charge in [-0.25, -0.2) is 0 Å². The highest BCUT2D eigenvalue weighted by atomic mass is 35.5. The predicted octanol–water partition coefficient (Wildman–Crippen LogP) is 4.48. The number of nitro benzene ring substituents is 1. The Morgan fingerprint density at radius 3 is 2.53 bits per heavy atom. The Kier molecular flexibility index (Phi) is 4.30. The molecule has 1 aromatic rings. The molecule has 0 aliphatic heterocycles. The molecular weight excluding hydrogens is 264 g/mol. The molecule has 1 aromatic carbocycles. The Labute approximate surface area is 118 Å². The van der Waals surface area contributed by atoms with Crippen molar-refractivity contribution in [1.29, 1.82) is 0 Å². The van der Waals surface area contributed by atoms with Gasteiger partial charge in [-0.2, -0.15) is 0 Å². The van der Waals surface area contributed by atoms with Crippen molar-refractivity contribution in [2.45, 2.75) is 39.2 Å². The summed E-state index contributed by atoms with van der Waals surface area (Å²) < 4.78 is 0. The molecule has 4 nitrogen and oxygen atoms in total. The van der Waals surface area contributed by atoms with E-state index < -0.39 is 4.92 Å². The van der Waals surface area contributed by atoms with E-state index in [2.05, 4.69) is 19.2 Å². The van der Waals surface area contributed by atoms with Gasteiger partial charge in [0.05, 0.1) is 15.6 Å². The van der Waals surface area contributed by atoms with E-state index in [4.69, 9.17) is 11.6 Å². The van der Waals surface area contributed by atoms with Crippen LogP contribution in [0.3, 0.4) is 0 Å². The van der Waals surface area contributed by atoms with E-state index in [9.17, 15) is 10.1 Å². The van der Waals surface area contributed by atoms with Crippen molar-refractivity contribution in [2.24, 2.45) is 11.8 Å². The molecule has 0 bridgehead atoms. The summed E-state index contributed by atoms with van der Waals surface area (Å²) >= 11 is 6.13. The molecule has 0 saturated heterocycles. The van der Waals surface area contributed by atoms with Crippen molar-refractivity contribution >= 4 is 23.0 Å². The third-order valence-corrected chi connectivity index (χ3v) is 4.36. The third-order valence-electron chi connectivity index (χ3n) is 4.03. The topological polar surface area (TPSA) is 55.2 Å². The van der Waals surface area contributed by atoms with Crippen LogP contribution in [0.15, 0.2) is 18.2 Å². The van der Waals surface area contributed by atoms with E-state index in [0.29, 0.717) is 28.6 Å². The molecule has 5 heteroatoms. The summed E-state index contributed by atoms with van der Waals surface area (Å²) in [4.78, 5) is 10.4. The normalized spacial score (nSPS) is 27.0. The van der Waals surface area contributed by atoms with E-state index in [0.717, 1.165) is 0 Å². The molecule has 0 radical (unpaired) electrons. The zero-order valence-electron chi connectivity index (χ0n) is 11.2. The summed E-state index contributed by atoms with van der Waals surface area (Å²) in [6, 6.07) is 4.87. The molecule has 2 atom stereocenters. The number of anilines is 1. The second kappa shape index (κ2) is 5.78. The van der Waals surface area contributed by atoms with Crippen molar-refractivity contribution in [1.82, 2.24) is 0 Å². The molecule has 1 fully saturated rings. The Hall–Kier alpha value is -1.29. The van der Waals surface area contributed by atoms with E-state index in [-0.39, 0.29) is 5.69 Å². The average Bonchev–Trinajstić information content (AvgIpc) is 2.35. The van der Waals surface area contributed by atoms with Crippen LogP contribution in [-0.4, -0.2) is 11.0 Å². The molecule has 1 aliphatic carbocycles. The maximum atomic E-state index is 10.8. The number of rotatable bonds is 3. The summed E-state index contributed by atoms with van der Waals surface area (Å²) in [7, 11) is 0. The molecule has 0 spiro atoms. The van der Waals surface area contributed by atoms with Gasteiger partial charge < -0.3 is 5.32 Å². The lowest BCUT2D eigenvalue weighted by Crippen LogP contribution is -2.37. The standard InChI is InChI=1S/C14H19ClN2O2/c1-9-4-3-5-10(2)14(9)16-13-8-11(17(18)19)6-7-12(13)15/h6-10,14,16H,3-5H2,1-2H3. The molecule has 1 aliphatic rings. The van der Waals surface area contributed by atoms with Crippen molar-refractivity contribution in [2.75, 3.05) is 5.32 Å². The number of nitro groups is 1. The van der Waals surface area contributed by atoms with Gasteiger partial charge in [-0.15, -0.1) is 0 Å². The minimum absolute atomic E-state index is 0.0722. The molecule has 1 saturated carbocycles. The minimum atomic E-state index is -0.394. The largest absolute Gasteiger partial charge is 0.380 e. The summed E-state index contributed by atoms with van der Waals surface area (Å²) in [6.07, 6.45) is 3.63. The predicted molar refractivity (Wildman–Crippen MR) is 77.7 cm³/mol. The lowest BCUT2D eigenvalue weighted by Gasteiger charge is -2.36. The minimum Gasteiger partial charge on any atom is -0.380 e. The van der Waals surface area contributed by atoms with Crippen LogP contribution in [-0.2, 0) is 0 Å². The molecule has 104 valence electrons. The van der Waals surface area contributed by atoms with Crippen LogP contribution in [0, 0.1) is 22.0 Å². The SMILES string of the molecule is CC1CCCC(C)C1Nc1cc([N+](=O)[O-])ccc1Cl. The van der Waals surface area contributed by atoms with Crippen LogP contribution >= 0.6 is 11.6 Å². The van der Waals surface area contributed by atoms with Crippen LogP contribution < -0.4 is 5.32 Å². The highest BCUT2D eigenvalue weighted by Crippen LogP contribution is 2.34. The maximum absolute atomic E-state index is 10.8. The van der Waals surface area contributed by atoms with Gasteiger partial charge in [0.15, 0.2) is 0 Å². The second-order valence-corrected chi connectivity index (χ2v) is 5.88. The first-order valence-electron chi connectivity index (χ1n) is 6.69. The first-order chi connectivity index (χ1) is 8.99. The number of nitrogens with zero attached hydrogens (tertiary/aromatic N) is 1. The number of hydrogen-bond donors (Lipinski definition) is 1. The van der Waals surface area contributed by atoms with Gasteiger partial charge in [-0.05, 0) is 30.7 Å². The quantitative estimate of drug-likeness (QED) is 0.657. The van der Waals surface area contributed by atoms with Gasteiger partial charge in [0.2, 0.25) is 0 Å². The summed E-state index contributed by atoms with van der Waals surface area (Å²) in [5, 5.41) is 14.8. The van der Waals surface area contributed by atoms with E-state index in [1.165, 1.54) is 31.4 Å². The first-order valence-corrected chi connectivity index (χ1v) is 7.07. The Morgan fingerprint density at radius 2 is 1.95 bits per heavy atom. The summed E-state index contributed by atoms with van der Waals surface area (Å²) in [5.74, 6) is 1.11. The number of hydrogen-bond acceptors (Lipinski definition) is 3. The lowest BCUT2D eigenvalue weighted by molar-refractivity contribution is -0.384. The van der Waals surface area contributed by atoms with Gasteiger partial charge in [0, 0.05) is 18.2 Å². The highest BCUT2D eigenvalue weighted by molar-refractivity contribution is 6.33. The van der Waals surface area contributed by atoms with Crippen molar-refractivity contribution < 1.29 is 4.92 Å². The Balaban J connectivity index is 2.21. The zero-order chi connectivity index (χ0) is 14.0. The van der Waals surface area contributed by atoms with Gasteiger partial charge >= 0.3 is 0 Å². The van der Waals surface area contributed by atoms with Crippen LogP contribution in [0.2, 0.25) is 5.02 Å². The molecule has 2 rings (SSSR count). The zero-order valence-corrected chi connectivity index (χ0v) is 12.0. The van der Waals surface area contributed by atoms with E-state index >= 15 is 0 Å². The summed E-state index contributed by atoms with van der Waals surface area (Å²) in [5.41, 5.74) is 0.740. The monoisotopic (exact) mass is 282 g/mol. The summed E-state index contributed by atoms with van der Waals surface area (Å²) in [6.45, 7) is 4.44. The molecule has 0 amide bonds. The molecule has 2 unspecified atom stereocenters. The smallest absolute Gasteiger partial charge is 0.271 e. The van der Waals surface area contributed by atoms with Crippen LogP contribution in [0.25, 0.3) is 0 Å². The number of non-ortho nitro benzene ring substituents is 1. The fourth-order valence-corrected chi connectivity index (χ4v) is 3.06. The number of benzene rings is 1. The van der Waals surface area contributed by atoms with Crippen LogP contribution in [0.5, 0.6) is 0 Å². The van der Waals surface area contributed by atoms with E-state index in [1.54, 1.807) is 6.07 Å². The van der Waals surface area contributed by atoms with Crippen molar-refractivity contribution in [3.8, 4) is 0 Å². The molecule has 0 aromatic heterocycles. The van der Waals surface area contributed by atoms with Gasteiger partial charge in [-0.1, -0.05) is 31.9 Å². The van der Waals surface area contributed by atoms with Gasteiger partial charge in [-0.3, -0.25) is 10.1 Å². The van der Waals surface area contributed by atoms with Crippen LogP contribution in [0.1, 0.15) is 33.1 Å². The van der Waals surface area contributed by atoms with Crippen LogP contribution in [0.4, 0.5) is 11.4 Å². The molecular formula is C14H19ClN2O2. The third kappa shape index (κ3) is 3.18. The molecule has 0 heterocycles. The molecule has 1 N–H and O–H groups in total. The van der Waals surface area contributed by atoms with Crippen molar-refractivity contribution in [3.05, 3.63) is 33.3 Å². The fourth-order valence-electron chi connectivity index (χ4n) is 2.88. The van der Waals surface area contributed by atoms with Gasteiger partial charge in [0.25, 0.3) is 5.69 Å². The average molecular weight is 283 g/mol.